The van der Waals surface area contributed by atoms with Crippen molar-refractivity contribution in [2.45, 2.75) is 50.3 Å². The highest BCUT2D eigenvalue weighted by Gasteiger charge is 2.42. The van der Waals surface area contributed by atoms with E-state index in [-0.39, 0.29) is 5.54 Å². The van der Waals surface area contributed by atoms with Crippen molar-refractivity contribution < 1.29 is 4.74 Å². The molecule has 116 valence electrons. The summed E-state index contributed by atoms with van der Waals surface area (Å²) < 4.78 is 6.94. The van der Waals surface area contributed by atoms with Gasteiger partial charge in [0.25, 0.3) is 0 Å². The molecule has 1 aliphatic heterocycles. The van der Waals surface area contributed by atoms with Crippen LogP contribution in [0.1, 0.15) is 30.9 Å². The molecule has 21 heavy (non-hydrogen) atoms. The van der Waals surface area contributed by atoms with Crippen molar-refractivity contribution in [3.63, 3.8) is 0 Å². The Morgan fingerprint density at radius 3 is 2.90 bits per heavy atom. The molecular weight excluding hydrogens is 328 g/mol. The van der Waals surface area contributed by atoms with E-state index in [9.17, 15) is 0 Å². The number of hydrogen-bond acceptors (Lipinski definition) is 3. The Hall–Kier alpha value is -0.420. The van der Waals surface area contributed by atoms with Crippen LogP contribution in [0.4, 0.5) is 0 Å². The molecule has 2 aliphatic rings. The van der Waals surface area contributed by atoms with Crippen molar-refractivity contribution in [3.05, 3.63) is 33.8 Å². The first-order valence-electron chi connectivity index (χ1n) is 7.88. The Morgan fingerprint density at radius 1 is 1.43 bits per heavy atom. The smallest absolute Gasteiger partial charge is 0.0703 e. The zero-order chi connectivity index (χ0) is 15.0. The van der Waals surface area contributed by atoms with Crippen LogP contribution in [0, 0.1) is 0 Å². The fraction of sp³-hybridized carbons (Fsp3) is 0.647. The summed E-state index contributed by atoms with van der Waals surface area (Å²) in [6.45, 7) is 3.77. The molecular formula is C17H25BrN2O. The Morgan fingerprint density at radius 2 is 2.24 bits per heavy atom. The average molecular weight is 353 g/mol. The summed E-state index contributed by atoms with van der Waals surface area (Å²) in [5, 5.41) is 0. The number of nitrogens with two attached hydrogens (primary N) is 1. The monoisotopic (exact) mass is 352 g/mol. The molecule has 0 saturated carbocycles. The van der Waals surface area contributed by atoms with Gasteiger partial charge in [-0.05, 0) is 62.9 Å². The molecule has 3 atom stereocenters. The Kier molecular flexibility index (Phi) is 4.42. The molecule has 1 fully saturated rings. The summed E-state index contributed by atoms with van der Waals surface area (Å²) in [6, 6.07) is 7.15. The van der Waals surface area contributed by atoms with E-state index in [1.165, 1.54) is 15.6 Å². The standard InChI is InChI=1S/C17H25BrN2O/c1-12-16(6-8-21-12)20(2)17(11-19)7-5-13-9-15(18)4-3-14(13)10-17/h3-4,9,12,16H,5-8,10-11,19H2,1-2H3. The topological polar surface area (TPSA) is 38.5 Å². The van der Waals surface area contributed by atoms with Gasteiger partial charge in [-0.3, -0.25) is 4.90 Å². The van der Waals surface area contributed by atoms with Crippen LogP contribution in [-0.2, 0) is 17.6 Å². The molecule has 1 aromatic carbocycles. The third kappa shape index (κ3) is 2.79. The van der Waals surface area contributed by atoms with E-state index < -0.39 is 0 Å². The van der Waals surface area contributed by atoms with Crippen LogP contribution in [0.3, 0.4) is 0 Å². The van der Waals surface area contributed by atoms with E-state index in [0.717, 1.165) is 32.3 Å². The highest BCUT2D eigenvalue weighted by atomic mass is 79.9. The first-order chi connectivity index (χ1) is 10.1. The van der Waals surface area contributed by atoms with Crippen molar-refractivity contribution in [1.29, 1.82) is 0 Å². The summed E-state index contributed by atoms with van der Waals surface area (Å²) in [7, 11) is 2.24. The highest BCUT2D eigenvalue weighted by molar-refractivity contribution is 9.10. The summed E-state index contributed by atoms with van der Waals surface area (Å²) in [4.78, 5) is 2.52. The van der Waals surface area contributed by atoms with Crippen molar-refractivity contribution in [3.8, 4) is 0 Å². The third-order valence-corrected chi connectivity index (χ3v) is 6.00. The number of nitrogens with zero attached hydrogens (tertiary/aromatic N) is 1. The van der Waals surface area contributed by atoms with Gasteiger partial charge in [0.1, 0.15) is 0 Å². The molecule has 3 rings (SSSR count). The lowest BCUT2D eigenvalue weighted by Crippen LogP contribution is -2.60. The number of halogens is 1. The molecule has 0 spiro atoms. The molecule has 1 saturated heterocycles. The van der Waals surface area contributed by atoms with Crippen LogP contribution >= 0.6 is 15.9 Å². The normalized spacial score (nSPS) is 32.4. The molecule has 2 N–H and O–H groups in total. The van der Waals surface area contributed by atoms with E-state index in [2.05, 4.69) is 53.0 Å². The van der Waals surface area contributed by atoms with Gasteiger partial charge in [0.2, 0.25) is 0 Å². The Labute approximate surface area is 136 Å². The van der Waals surface area contributed by atoms with Crippen LogP contribution in [0.25, 0.3) is 0 Å². The molecule has 4 heteroatoms. The number of benzene rings is 1. The Balaban J connectivity index is 1.86. The lowest BCUT2D eigenvalue weighted by Gasteiger charge is -2.48. The van der Waals surface area contributed by atoms with Crippen LogP contribution in [-0.4, -0.2) is 42.8 Å². The minimum absolute atomic E-state index is 0.0768. The zero-order valence-corrected chi connectivity index (χ0v) is 14.5. The number of likely N-dealkylation sites (N-methyl/N-ethyl adjacent to an activating group) is 1. The summed E-state index contributed by atoms with van der Waals surface area (Å²) in [5.74, 6) is 0. The minimum Gasteiger partial charge on any atom is -0.377 e. The summed E-state index contributed by atoms with van der Waals surface area (Å²) >= 11 is 3.58. The second-order valence-corrected chi connectivity index (χ2v) is 7.48. The highest BCUT2D eigenvalue weighted by Crippen LogP contribution is 2.36. The van der Waals surface area contributed by atoms with Crippen molar-refractivity contribution >= 4 is 15.9 Å². The molecule has 0 bridgehead atoms. The quantitative estimate of drug-likeness (QED) is 0.908. The largest absolute Gasteiger partial charge is 0.377 e. The SMILES string of the molecule is CC1OCCC1N(C)C1(CN)CCc2cc(Br)ccc2C1. The van der Waals surface area contributed by atoms with Crippen molar-refractivity contribution in [2.75, 3.05) is 20.2 Å². The van der Waals surface area contributed by atoms with Gasteiger partial charge in [-0.2, -0.15) is 0 Å². The molecule has 0 aromatic heterocycles. The maximum atomic E-state index is 6.25. The molecule has 1 aromatic rings. The molecule has 0 amide bonds. The molecule has 3 nitrogen and oxygen atoms in total. The van der Waals surface area contributed by atoms with Gasteiger partial charge in [0.15, 0.2) is 0 Å². The number of hydrogen-bond donors (Lipinski definition) is 1. The van der Waals surface area contributed by atoms with E-state index in [1.54, 1.807) is 0 Å². The van der Waals surface area contributed by atoms with E-state index in [4.69, 9.17) is 10.5 Å². The molecule has 1 heterocycles. The number of ether oxygens (including phenoxy) is 1. The molecule has 3 unspecified atom stereocenters. The van der Waals surface area contributed by atoms with Crippen molar-refractivity contribution in [1.82, 2.24) is 4.90 Å². The lowest BCUT2D eigenvalue weighted by atomic mass is 9.76. The van der Waals surface area contributed by atoms with Crippen LogP contribution < -0.4 is 5.73 Å². The van der Waals surface area contributed by atoms with Crippen LogP contribution in [0.5, 0.6) is 0 Å². The van der Waals surface area contributed by atoms with Crippen LogP contribution in [0.2, 0.25) is 0 Å². The van der Waals surface area contributed by atoms with Gasteiger partial charge < -0.3 is 10.5 Å². The zero-order valence-electron chi connectivity index (χ0n) is 12.9. The second kappa shape index (κ2) is 5.99. The van der Waals surface area contributed by atoms with Gasteiger partial charge in [0.05, 0.1) is 6.10 Å². The van der Waals surface area contributed by atoms with Gasteiger partial charge in [-0.25, -0.2) is 0 Å². The van der Waals surface area contributed by atoms with E-state index in [1.807, 2.05) is 0 Å². The van der Waals surface area contributed by atoms with Gasteiger partial charge in [-0.15, -0.1) is 0 Å². The van der Waals surface area contributed by atoms with Crippen molar-refractivity contribution in [2.24, 2.45) is 5.73 Å². The van der Waals surface area contributed by atoms with E-state index >= 15 is 0 Å². The lowest BCUT2D eigenvalue weighted by molar-refractivity contribution is 0.0210. The Bertz CT molecular complexity index is 522. The first-order valence-corrected chi connectivity index (χ1v) is 8.67. The summed E-state index contributed by atoms with van der Waals surface area (Å²) in [6.07, 6.45) is 4.72. The van der Waals surface area contributed by atoms with E-state index in [0.29, 0.717) is 18.7 Å². The van der Waals surface area contributed by atoms with Gasteiger partial charge in [0, 0.05) is 29.2 Å². The third-order valence-electron chi connectivity index (χ3n) is 5.51. The molecule has 0 radical (unpaired) electrons. The van der Waals surface area contributed by atoms with Crippen LogP contribution in [0.15, 0.2) is 22.7 Å². The van der Waals surface area contributed by atoms with Gasteiger partial charge in [-0.1, -0.05) is 22.0 Å². The molecule has 1 aliphatic carbocycles. The second-order valence-electron chi connectivity index (χ2n) is 6.56. The average Bonchev–Trinajstić information content (AvgIpc) is 2.92. The number of rotatable bonds is 3. The predicted octanol–water partition coefficient (Wildman–Crippen LogP) is 2.74. The maximum absolute atomic E-state index is 6.25. The fourth-order valence-corrected chi connectivity index (χ4v) is 4.42. The summed E-state index contributed by atoms with van der Waals surface area (Å²) in [5.41, 5.74) is 9.25. The fourth-order valence-electron chi connectivity index (χ4n) is 4.01. The maximum Gasteiger partial charge on any atom is 0.0703 e. The number of fused-ring (bicyclic) bond motifs is 1. The van der Waals surface area contributed by atoms with Gasteiger partial charge >= 0.3 is 0 Å². The number of aryl methyl sites for hydroxylation is 1. The minimum atomic E-state index is 0.0768. The predicted molar refractivity (Wildman–Crippen MR) is 89.5 cm³/mol. The first kappa shape index (κ1) is 15.5.